The molecule has 2 heteroatoms. The summed E-state index contributed by atoms with van der Waals surface area (Å²) in [7, 11) is 0. The van der Waals surface area contributed by atoms with Gasteiger partial charge in [-0.25, -0.2) is 0 Å². The molecule has 0 unspecified atom stereocenters. The van der Waals surface area contributed by atoms with Gasteiger partial charge in [0, 0.05) is 12.8 Å². The van der Waals surface area contributed by atoms with Crippen LogP contribution in [0, 0.1) is 11.3 Å². The van der Waals surface area contributed by atoms with Gasteiger partial charge in [0.15, 0.2) is 0 Å². The average Bonchev–Trinajstić information content (AvgIpc) is 2.06. The van der Waals surface area contributed by atoms with Gasteiger partial charge in [0.2, 0.25) is 0 Å². The van der Waals surface area contributed by atoms with Crippen LogP contribution >= 0.6 is 0 Å². The molecular formula is C12H23NO. The lowest BCUT2D eigenvalue weighted by molar-refractivity contribution is -0.120. The van der Waals surface area contributed by atoms with E-state index in [4.69, 9.17) is 0 Å². The maximum atomic E-state index is 11.0. The zero-order chi connectivity index (χ0) is 10.6. The van der Waals surface area contributed by atoms with Crippen molar-refractivity contribution in [2.45, 2.75) is 46.5 Å². The SMILES string of the molecule is CC(C)(C)CNCC1CCC(=O)CC1. The van der Waals surface area contributed by atoms with Gasteiger partial charge in [-0.2, -0.15) is 0 Å². The molecule has 14 heavy (non-hydrogen) atoms. The third kappa shape index (κ3) is 4.75. The molecule has 0 heterocycles. The molecule has 1 aliphatic rings. The van der Waals surface area contributed by atoms with Crippen LogP contribution < -0.4 is 5.32 Å². The number of carbonyl (C=O) groups is 1. The number of ketones is 1. The molecule has 0 aromatic carbocycles. The Balaban J connectivity index is 2.10. The van der Waals surface area contributed by atoms with Gasteiger partial charge in [-0.1, -0.05) is 20.8 Å². The number of hydrogen-bond donors (Lipinski definition) is 1. The van der Waals surface area contributed by atoms with E-state index in [0.717, 1.165) is 44.7 Å². The van der Waals surface area contributed by atoms with E-state index in [9.17, 15) is 4.79 Å². The lowest BCUT2D eigenvalue weighted by Crippen LogP contribution is -2.32. The molecule has 82 valence electrons. The monoisotopic (exact) mass is 197 g/mol. The molecule has 0 bridgehead atoms. The van der Waals surface area contributed by atoms with Crippen LogP contribution in [0.2, 0.25) is 0 Å². The number of carbonyl (C=O) groups excluding carboxylic acids is 1. The zero-order valence-electron chi connectivity index (χ0n) is 9.73. The van der Waals surface area contributed by atoms with Crippen LogP contribution in [0.15, 0.2) is 0 Å². The fourth-order valence-corrected chi connectivity index (χ4v) is 1.85. The van der Waals surface area contributed by atoms with Crippen LogP contribution in [-0.2, 0) is 4.79 Å². The predicted octanol–water partition coefficient (Wildman–Crippen LogP) is 2.38. The van der Waals surface area contributed by atoms with Gasteiger partial charge in [0.05, 0.1) is 0 Å². The second kappa shape index (κ2) is 4.92. The normalized spacial score (nSPS) is 20.1. The molecule has 0 spiro atoms. The van der Waals surface area contributed by atoms with Crippen LogP contribution in [0.25, 0.3) is 0 Å². The lowest BCUT2D eigenvalue weighted by Gasteiger charge is -2.24. The van der Waals surface area contributed by atoms with E-state index in [-0.39, 0.29) is 0 Å². The Morgan fingerprint density at radius 1 is 1.29 bits per heavy atom. The topological polar surface area (TPSA) is 29.1 Å². The van der Waals surface area contributed by atoms with Crippen LogP contribution in [0.3, 0.4) is 0 Å². The molecule has 1 N–H and O–H groups in total. The molecule has 1 rings (SSSR count). The first-order chi connectivity index (χ1) is 6.47. The van der Waals surface area contributed by atoms with Gasteiger partial charge in [0.1, 0.15) is 5.78 Å². The maximum absolute atomic E-state index is 11.0. The van der Waals surface area contributed by atoms with Crippen molar-refractivity contribution in [2.24, 2.45) is 11.3 Å². The summed E-state index contributed by atoms with van der Waals surface area (Å²) in [6, 6.07) is 0. The number of hydrogen-bond acceptors (Lipinski definition) is 2. The van der Waals surface area contributed by atoms with Crippen molar-refractivity contribution in [2.75, 3.05) is 13.1 Å². The highest BCUT2D eigenvalue weighted by molar-refractivity contribution is 5.79. The standard InChI is InChI=1S/C12H23NO/c1-12(2,3)9-13-8-10-4-6-11(14)7-5-10/h10,13H,4-9H2,1-3H3. The van der Waals surface area contributed by atoms with Gasteiger partial charge >= 0.3 is 0 Å². The molecule has 0 amide bonds. The summed E-state index contributed by atoms with van der Waals surface area (Å²) in [6.45, 7) is 8.88. The molecule has 0 radical (unpaired) electrons. The van der Waals surface area contributed by atoms with Gasteiger partial charge in [-0.15, -0.1) is 0 Å². The Labute approximate surface area is 87.5 Å². The van der Waals surface area contributed by atoms with Crippen molar-refractivity contribution >= 4 is 5.78 Å². The maximum Gasteiger partial charge on any atom is 0.132 e. The summed E-state index contributed by atoms with van der Waals surface area (Å²) in [5.74, 6) is 1.19. The van der Waals surface area contributed by atoms with Crippen LogP contribution in [0.4, 0.5) is 0 Å². The van der Waals surface area contributed by atoms with Crippen molar-refractivity contribution in [3.8, 4) is 0 Å². The minimum Gasteiger partial charge on any atom is -0.316 e. The first kappa shape index (κ1) is 11.7. The number of Topliss-reactive ketones (excluding diaryl/α,β-unsaturated/α-hetero) is 1. The minimum atomic E-state index is 0.366. The van der Waals surface area contributed by atoms with Gasteiger partial charge in [0.25, 0.3) is 0 Å². The Kier molecular flexibility index (Phi) is 4.11. The highest BCUT2D eigenvalue weighted by atomic mass is 16.1. The Bertz CT molecular complexity index is 183. The molecule has 0 atom stereocenters. The first-order valence-corrected chi connectivity index (χ1v) is 5.70. The predicted molar refractivity (Wildman–Crippen MR) is 59.3 cm³/mol. The largest absolute Gasteiger partial charge is 0.316 e. The zero-order valence-corrected chi connectivity index (χ0v) is 9.73. The fraction of sp³-hybridized carbons (Fsp3) is 0.917. The van der Waals surface area contributed by atoms with Crippen LogP contribution in [-0.4, -0.2) is 18.9 Å². The lowest BCUT2D eigenvalue weighted by atomic mass is 9.88. The second-order valence-electron chi connectivity index (χ2n) is 5.67. The molecular weight excluding hydrogens is 174 g/mol. The Morgan fingerprint density at radius 2 is 1.86 bits per heavy atom. The highest BCUT2D eigenvalue weighted by Crippen LogP contribution is 2.21. The van der Waals surface area contributed by atoms with E-state index in [0.29, 0.717) is 11.2 Å². The van der Waals surface area contributed by atoms with Gasteiger partial charge in [-0.05, 0) is 37.3 Å². The van der Waals surface area contributed by atoms with Gasteiger partial charge in [-0.3, -0.25) is 4.79 Å². The third-order valence-electron chi connectivity index (χ3n) is 2.75. The van der Waals surface area contributed by atoms with Gasteiger partial charge < -0.3 is 5.32 Å². The molecule has 1 fully saturated rings. The third-order valence-corrected chi connectivity index (χ3v) is 2.75. The molecule has 1 saturated carbocycles. The number of rotatable bonds is 3. The van der Waals surface area contributed by atoms with E-state index in [1.54, 1.807) is 0 Å². The van der Waals surface area contributed by atoms with E-state index in [1.165, 1.54) is 0 Å². The first-order valence-electron chi connectivity index (χ1n) is 5.70. The quantitative estimate of drug-likeness (QED) is 0.752. The van der Waals surface area contributed by atoms with Crippen molar-refractivity contribution < 1.29 is 4.79 Å². The van der Waals surface area contributed by atoms with Crippen molar-refractivity contribution in [1.82, 2.24) is 5.32 Å². The summed E-state index contributed by atoms with van der Waals surface area (Å²) >= 11 is 0. The van der Waals surface area contributed by atoms with Crippen molar-refractivity contribution in [1.29, 1.82) is 0 Å². The number of nitrogens with one attached hydrogen (secondary N) is 1. The van der Waals surface area contributed by atoms with E-state index in [2.05, 4.69) is 26.1 Å². The fourth-order valence-electron chi connectivity index (χ4n) is 1.85. The van der Waals surface area contributed by atoms with Crippen LogP contribution in [0.1, 0.15) is 46.5 Å². The van der Waals surface area contributed by atoms with E-state index in [1.807, 2.05) is 0 Å². The Hall–Kier alpha value is -0.370. The molecule has 0 aromatic rings. The molecule has 1 aliphatic carbocycles. The molecule has 2 nitrogen and oxygen atoms in total. The molecule has 0 aliphatic heterocycles. The van der Waals surface area contributed by atoms with Crippen LogP contribution in [0.5, 0.6) is 0 Å². The van der Waals surface area contributed by atoms with Crippen molar-refractivity contribution in [3.63, 3.8) is 0 Å². The van der Waals surface area contributed by atoms with E-state index >= 15 is 0 Å². The highest BCUT2D eigenvalue weighted by Gasteiger charge is 2.18. The molecule has 0 aromatic heterocycles. The summed E-state index contributed by atoms with van der Waals surface area (Å²) in [6.07, 6.45) is 3.80. The average molecular weight is 197 g/mol. The smallest absolute Gasteiger partial charge is 0.132 e. The van der Waals surface area contributed by atoms with E-state index < -0.39 is 0 Å². The summed E-state index contributed by atoms with van der Waals surface area (Å²) in [4.78, 5) is 11.0. The summed E-state index contributed by atoms with van der Waals surface area (Å²) in [5.41, 5.74) is 0.366. The minimum absolute atomic E-state index is 0.366. The Morgan fingerprint density at radius 3 is 2.36 bits per heavy atom. The summed E-state index contributed by atoms with van der Waals surface area (Å²) in [5, 5.41) is 3.50. The summed E-state index contributed by atoms with van der Waals surface area (Å²) < 4.78 is 0. The van der Waals surface area contributed by atoms with Crippen molar-refractivity contribution in [3.05, 3.63) is 0 Å². The molecule has 0 saturated heterocycles. The second-order valence-corrected chi connectivity index (χ2v) is 5.67.